The molecule has 3 nitrogen and oxygen atoms in total. The van der Waals surface area contributed by atoms with Crippen molar-refractivity contribution in [2.24, 2.45) is 0 Å². The number of nitrogens with two attached hydrogens (primary N) is 1. The molecule has 0 atom stereocenters. The molecule has 2 rings (SSSR count). The van der Waals surface area contributed by atoms with Gasteiger partial charge in [0.05, 0.1) is 0 Å². The van der Waals surface area contributed by atoms with Crippen LogP contribution in [0.1, 0.15) is 0 Å². The van der Waals surface area contributed by atoms with Crippen LogP contribution >= 0.6 is 0 Å². The van der Waals surface area contributed by atoms with E-state index in [1.54, 1.807) is 0 Å². The fraction of sp³-hybridized carbons (Fsp3) is 0.400. The van der Waals surface area contributed by atoms with Crippen LogP contribution in [0, 0.1) is 0 Å². The number of hydrogen-bond acceptors (Lipinski definition) is 3. The maximum absolute atomic E-state index is 5.61. The number of nitrogen functional groups attached to an aromatic ring is 1. The standard InChI is InChI=1S/C10H15N3/c1-12-9-6-13(7-9)10-4-2-8(11)3-5-10/h2-5,9,12H,6-7,11H2,1H3. The maximum Gasteiger partial charge on any atom is 0.0418 e. The second kappa shape index (κ2) is 3.26. The monoisotopic (exact) mass is 177 g/mol. The summed E-state index contributed by atoms with van der Waals surface area (Å²) >= 11 is 0. The molecule has 1 aromatic rings. The lowest BCUT2D eigenvalue weighted by Gasteiger charge is -2.40. The van der Waals surface area contributed by atoms with Gasteiger partial charge in [-0.2, -0.15) is 0 Å². The Kier molecular flexibility index (Phi) is 2.10. The number of rotatable bonds is 2. The van der Waals surface area contributed by atoms with Crippen molar-refractivity contribution < 1.29 is 0 Å². The van der Waals surface area contributed by atoms with Crippen LogP contribution in [0.4, 0.5) is 11.4 Å². The highest BCUT2D eigenvalue weighted by atomic mass is 15.2. The first kappa shape index (κ1) is 8.38. The third kappa shape index (κ3) is 1.60. The highest BCUT2D eigenvalue weighted by Gasteiger charge is 2.24. The fourth-order valence-electron chi connectivity index (χ4n) is 1.56. The van der Waals surface area contributed by atoms with Crippen LogP contribution in [0.2, 0.25) is 0 Å². The summed E-state index contributed by atoms with van der Waals surface area (Å²) in [5.41, 5.74) is 7.70. The minimum absolute atomic E-state index is 0.651. The summed E-state index contributed by atoms with van der Waals surface area (Å²) in [6.45, 7) is 2.20. The van der Waals surface area contributed by atoms with E-state index in [1.165, 1.54) is 5.69 Å². The lowest BCUT2D eigenvalue weighted by molar-refractivity contribution is 0.450. The normalized spacial score (nSPS) is 17.2. The lowest BCUT2D eigenvalue weighted by atomic mass is 10.1. The largest absolute Gasteiger partial charge is 0.399 e. The summed E-state index contributed by atoms with van der Waals surface area (Å²) in [7, 11) is 2.00. The molecule has 70 valence electrons. The summed E-state index contributed by atoms with van der Waals surface area (Å²) < 4.78 is 0. The van der Waals surface area contributed by atoms with Crippen LogP contribution in [-0.4, -0.2) is 26.2 Å². The number of hydrogen-bond donors (Lipinski definition) is 2. The summed E-state index contributed by atoms with van der Waals surface area (Å²) in [6.07, 6.45) is 0. The Morgan fingerprint density at radius 2 is 1.92 bits per heavy atom. The van der Waals surface area contributed by atoms with E-state index in [9.17, 15) is 0 Å². The molecule has 1 fully saturated rings. The molecule has 1 aromatic carbocycles. The second-order valence-corrected chi connectivity index (χ2v) is 3.48. The van der Waals surface area contributed by atoms with Gasteiger partial charge in [0.1, 0.15) is 0 Å². The maximum atomic E-state index is 5.61. The molecule has 0 radical (unpaired) electrons. The van der Waals surface area contributed by atoms with Crippen molar-refractivity contribution in [2.75, 3.05) is 30.8 Å². The van der Waals surface area contributed by atoms with E-state index < -0.39 is 0 Å². The molecule has 13 heavy (non-hydrogen) atoms. The van der Waals surface area contributed by atoms with Gasteiger partial charge in [-0.25, -0.2) is 0 Å². The Bertz CT molecular complexity index is 275. The summed E-state index contributed by atoms with van der Waals surface area (Å²) in [5.74, 6) is 0. The van der Waals surface area contributed by atoms with Crippen molar-refractivity contribution in [2.45, 2.75) is 6.04 Å². The fourth-order valence-corrected chi connectivity index (χ4v) is 1.56. The van der Waals surface area contributed by atoms with E-state index in [-0.39, 0.29) is 0 Å². The first-order valence-electron chi connectivity index (χ1n) is 4.57. The molecule has 0 unspecified atom stereocenters. The van der Waals surface area contributed by atoms with E-state index >= 15 is 0 Å². The second-order valence-electron chi connectivity index (χ2n) is 3.48. The van der Waals surface area contributed by atoms with Crippen LogP contribution in [0.25, 0.3) is 0 Å². The van der Waals surface area contributed by atoms with Crippen LogP contribution in [0.15, 0.2) is 24.3 Å². The molecule has 0 aromatic heterocycles. The van der Waals surface area contributed by atoms with Crippen molar-refractivity contribution >= 4 is 11.4 Å². The average Bonchev–Trinajstić information content (AvgIpc) is 2.06. The van der Waals surface area contributed by atoms with Gasteiger partial charge in [0, 0.05) is 30.5 Å². The molecular weight excluding hydrogens is 162 g/mol. The molecule has 0 saturated carbocycles. The van der Waals surface area contributed by atoms with Crippen molar-refractivity contribution in [1.29, 1.82) is 0 Å². The highest BCUT2D eigenvalue weighted by Crippen LogP contribution is 2.21. The van der Waals surface area contributed by atoms with E-state index in [1.807, 2.05) is 19.2 Å². The van der Waals surface area contributed by atoms with Gasteiger partial charge >= 0.3 is 0 Å². The van der Waals surface area contributed by atoms with Crippen LogP contribution in [0.3, 0.4) is 0 Å². The van der Waals surface area contributed by atoms with Gasteiger partial charge < -0.3 is 16.0 Å². The summed E-state index contributed by atoms with van der Waals surface area (Å²) in [6, 6.07) is 8.68. The molecule has 3 N–H and O–H groups in total. The number of nitrogens with one attached hydrogen (secondary N) is 1. The highest BCUT2D eigenvalue weighted by molar-refractivity contribution is 5.54. The molecule has 1 saturated heterocycles. The summed E-state index contributed by atoms with van der Waals surface area (Å²) in [4.78, 5) is 2.33. The Balaban J connectivity index is 1.99. The zero-order chi connectivity index (χ0) is 9.26. The van der Waals surface area contributed by atoms with Gasteiger partial charge in [0.25, 0.3) is 0 Å². The van der Waals surface area contributed by atoms with E-state index in [4.69, 9.17) is 5.73 Å². The Morgan fingerprint density at radius 3 is 2.46 bits per heavy atom. The molecule has 0 bridgehead atoms. The molecule has 0 aliphatic carbocycles. The predicted octanol–water partition coefficient (Wildman–Crippen LogP) is 0.677. The number of benzene rings is 1. The first-order chi connectivity index (χ1) is 6.29. The van der Waals surface area contributed by atoms with E-state index in [0.29, 0.717) is 6.04 Å². The number of nitrogens with zero attached hydrogens (tertiary/aromatic N) is 1. The minimum atomic E-state index is 0.651. The predicted molar refractivity (Wildman–Crippen MR) is 55.9 cm³/mol. The number of likely N-dealkylation sites (N-methyl/N-ethyl adjacent to an activating group) is 1. The molecule has 1 aliphatic heterocycles. The van der Waals surface area contributed by atoms with Gasteiger partial charge in [-0.3, -0.25) is 0 Å². The van der Waals surface area contributed by atoms with Crippen molar-refractivity contribution in [1.82, 2.24) is 5.32 Å². The van der Waals surface area contributed by atoms with Gasteiger partial charge in [-0.15, -0.1) is 0 Å². The van der Waals surface area contributed by atoms with E-state index in [2.05, 4.69) is 22.3 Å². The Hall–Kier alpha value is -1.22. The molecule has 1 heterocycles. The minimum Gasteiger partial charge on any atom is -0.399 e. The Labute approximate surface area is 78.5 Å². The molecule has 3 heteroatoms. The SMILES string of the molecule is CNC1CN(c2ccc(N)cc2)C1. The molecule has 0 spiro atoms. The smallest absolute Gasteiger partial charge is 0.0418 e. The quantitative estimate of drug-likeness (QED) is 0.653. The van der Waals surface area contributed by atoms with Gasteiger partial charge in [0.15, 0.2) is 0 Å². The zero-order valence-electron chi connectivity index (χ0n) is 7.83. The summed E-state index contributed by atoms with van der Waals surface area (Å²) in [5, 5.41) is 3.25. The molecule has 0 amide bonds. The molecule has 1 aliphatic rings. The average molecular weight is 177 g/mol. The van der Waals surface area contributed by atoms with Gasteiger partial charge in [-0.1, -0.05) is 0 Å². The van der Waals surface area contributed by atoms with Crippen LogP contribution < -0.4 is 16.0 Å². The van der Waals surface area contributed by atoms with Gasteiger partial charge in [-0.05, 0) is 31.3 Å². The number of anilines is 2. The third-order valence-corrected chi connectivity index (χ3v) is 2.55. The van der Waals surface area contributed by atoms with Crippen LogP contribution in [0.5, 0.6) is 0 Å². The van der Waals surface area contributed by atoms with Crippen molar-refractivity contribution in [3.8, 4) is 0 Å². The van der Waals surface area contributed by atoms with Crippen molar-refractivity contribution in [3.05, 3.63) is 24.3 Å². The van der Waals surface area contributed by atoms with Crippen molar-refractivity contribution in [3.63, 3.8) is 0 Å². The first-order valence-corrected chi connectivity index (χ1v) is 4.57. The van der Waals surface area contributed by atoms with E-state index in [0.717, 1.165) is 18.8 Å². The van der Waals surface area contributed by atoms with Gasteiger partial charge in [0.2, 0.25) is 0 Å². The zero-order valence-corrected chi connectivity index (χ0v) is 7.83. The van der Waals surface area contributed by atoms with Crippen LogP contribution in [-0.2, 0) is 0 Å². The molecular formula is C10H15N3. The topological polar surface area (TPSA) is 41.3 Å². The lowest BCUT2D eigenvalue weighted by Crippen LogP contribution is -2.57. The Morgan fingerprint density at radius 1 is 1.31 bits per heavy atom. The third-order valence-electron chi connectivity index (χ3n) is 2.55.